The Balaban J connectivity index is 1.93. The SMILES string of the molecule is CC(NS(=O)(=O)c1cc(C(=O)O)ccc1NC1CCCC1)c1ccccc1. The molecule has 0 radical (unpaired) electrons. The summed E-state index contributed by atoms with van der Waals surface area (Å²) in [5, 5.41) is 12.6. The van der Waals surface area contributed by atoms with Crippen molar-refractivity contribution in [1.82, 2.24) is 4.72 Å². The number of carboxylic acids is 1. The Morgan fingerprint density at radius 1 is 1.11 bits per heavy atom. The summed E-state index contributed by atoms with van der Waals surface area (Å²) in [6, 6.07) is 13.2. The molecule has 1 saturated carbocycles. The van der Waals surface area contributed by atoms with Crippen LogP contribution in [0.1, 0.15) is 54.6 Å². The topological polar surface area (TPSA) is 95.5 Å². The molecule has 0 amide bonds. The fourth-order valence-corrected chi connectivity index (χ4v) is 4.82. The van der Waals surface area contributed by atoms with Crippen molar-refractivity contribution in [2.45, 2.75) is 49.6 Å². The third-order valence-corrected chi connectivity index (χ3v) is 6.45. The number of rotatable bonds is 7. The van der Waals surface area contributed by atoms with E-state index in [4.69, 9.17) is 0 Å². The molecule has 1 aliphatic rings. The Morgan fingerprint density at radius 3 is 2.41 bits per heavy atom. The molecule has 0 aromatic heterocycles. The zero-order valence-electron chi connectivity index (χ0n) is 15.2. The number of sulfonamides is 1. The average Bonchev–Trinajstić information content (AvgIpc) is 3.15. The lowest BCUT2D eigenvalue weighted by atomic mass is 10.1. The smallest absolute Gasteiger partial charge is 0.335 e. The van der Waals surface area contributed by atoms with Gasteiger partial charge >= 0.3 is 5.97 Å². The van der Waals surface area contributed by atoms with E-state index >= 15 is 0 Å². The lowest BCUT2D eigenvalue weighted by Gasteiger charge is -2.20. The molecule has 2 aromatic rings. The highest BCUT2D eigenvalue weighted by atomic mass is 32.2. The van der Waals surface area contributed by atoms with Crippen LogP contribution in [-0.2, 0) is 10.0 Å². The van der Waals surface area contributed by atoms with Crippen LogP contribution in [0.25, 0.3) is 0 Å². The Bertz CT molecular complexity index is 907. The van der Waals surface area contributed by atoms with E-state index in [0.29, 0.717) is 5.69 Å². The second-order valence-electron chi connectivity index (χ2n) is 6.90. The summed E-state index contributed by atoms with van der Waals surface area (Å²) < 4.78 is 28.7. The zero-order chi connectivity index (χ0) is 19.4. The van der Waals surface area contributed by atoms with Gasteiger partial charge in [-0.1, -0.05) is 43.2 Å². The van der Waals surface area contributed by atoms with E-state index in [0.717, 1.165) is 31.2 Å². The van der Waals surface area contributed by atoms with Gasteiger partial charge in [-0.3, -0.25) is 0 Å². The maximum Gasteiger partial charge on any atom is 0.335 e. The Kier molecular flexibility index (Phi) is 5.82. The van der Waals surface area contributed by atoms with Crippen LogP contribution in [-0.4, -0.2) is 25.5 Å². The minimum absolute atomic E-state index is 0.0305. The van der Waals surface area contributed by atoms with Crippen LogP contribution in [0, 0.1) is 0 Å². The fraction of sp³-hybridized carbons (Fsp3) is 0.350. The van der Waals surface area contributed by atoms with Crippen LogP contribution >= 0.6 is 0 Å². The number of aromatic carboxylic acids is 1. The van der Waals surface area contributed by atoms with E-state index in [9.17, 15) is 18.3 Å². The molecule has 0 heterocycles. The van der Waals surface area contributed by atoms with Crippen molar-refractivity contribution in [3.63, 3.8) is 0 Å². The first-order valence-electron chi connectivity index (χ1n) is 9.08. The number of benzene rings is 2. The molecule has 3 N–H and O–H groups in total. The zero-order valence-corrected chi connectivity index (χ0v) is 16.0. The molecule has 3 rings (SSSR count). The summed E-state index contributed by atoms with van der Waals surface area (Å²) in [6.45, 7) is 1.76. The number of carboxylic acid groups (broad SMARTS) is 1. The Morgan fingerprint density at radius 2 is 1.78 bits per heavy atom. The van der Waals surface area contributed by atoms with E-state index in [1.165, 1.54) is 12.1 Å². The molecule has 1 fully saturated rings. The molecule has 27 heavy (non-hydrogen) atoms. The number of anilines is 1. The molecule has 1 unspecified atom stereocenters. The molecule has 1 atom stereocenters. The highest BCUT2D eigenvalue weighted by Gasteiger charge is 2.25. The second-order valence-corrected chi connectivity index (χ2v) is 8.58. The minimum atomic E-state index is -3.91. The van der Waals surface area contributed by atoms with Gasteiger partial charge in [0, 0.05) is 12.1 Å². The summed E-state index contributed by atoms with van der Waals surface area (Å²) in [7, 11) is -3.91. The van der Waals surface area contributed by atoms with Gasteiger partial charge in [0.1, 0.15) is 4.90 Å². The molecular formula is C20H24N2O4S. The molecule has 1 aliphatic carbocycles. The van der Waals surface area contributed by atoms with E-state index in [2.05, 4.69) is 10.0 Å². The maximum absolute atomic E-state index is 13.0. The monoisotopic (exact) mass is 388 g/mol. The highest BCUT2D eigenvalue weighted by molar-refractivity contribution is 7.89. The molecule has 0 spiro atoms. The quantitative estimate of drug-likeness (QED) is 0.671. The molecule has 7 heteroatoms. The van der Waals surface area contributed by atoms with Crippen molar-refractivity contribution in [2.24, 2.45) is 0 Å². The van der Waals surface area contributed by atoms with Gasteiger partial charge in [0.05, 0.1) is 11.3 Å². The second kappa shape index (κ2) is 8.10. The third kappa shape index (κ3) is 4.67. The van der Waals surface area contributed by atoms with Crippen LogP contribution in [0.2, 0.25) is 0 Å². The lowest BCUT2D eigenvalue weighted by molar-refractivity contribution is 0.0696. The van der Waals surface area contributed by atoms with Crippen LogP contribution in [0.3, 0.4) is 0 Å². The summed E-state index contributed by atoms with van der Waals surface area (Å²) in [4.78, 5) is 11.3. The number of hydrogen-bond acceptors (Lipinski definition) is 4. The van der Waals surface area contributed by atoms with Gasteiger partial charge < -0.3 is 10.4 Å². The van der Waals surface area contributed by atoms with Crippen molar-refractivity contribution in [3.8, 4) is 0 Å². The van der Waals surface area contributed by atoms with Crippen molar-refractivity contribution < 1.29 is 18.3 Å². The van der Waals surface area contributed by atoms with Gasteiger partial charge in [0.15, 0.2) is 0 Å². The summed E-state index contributed by atoms with van der Waals surface area (Å²) >= 11 is 0. The van der Waals surface area contributed by atoms with Gasteiger partial charge in [-0.05, 0) is 43.5 Å². The minimum Gasteiger partial charge on any atom is -0.478 e. The van der Waals surface area contributed by atoms with Crippen LogP contribution in [0.4, 0.5) is 5.69 Å². The first kappa shape index (κ1) is 19.4. The van der Waals surface area contributed by atoms with Crippen molar-refractivity contribution in [2.75, 3.05) is 5.32 Å². The Hall–Kier alpha value is -2.38. The van der Waals surface area contributed by atoms with Crippen LogP contribution in [0.15, 0.2) is 53.4 Å². The van der Waals surface area contributed by atoms with Gasteiger partial charge in [0.25, 0.3) is 0 Å². The highest BCUT2D eigenvalue weighted by Crippen LogP contribution is 2.29. The molecule has 6 nitrogen and oxygen atoms in total. The summed E-state index contributed by atoms with van der Waals surface area (Å²) in [5.41, 5.74) is 1.22. The molecule has 0 aliphatic heterocycles. The number of hydrogen-bond donors (Lipinski definition) is 3. The average molecular weight is 388 g/mol. The molecule has 144 valence electrons. The molecular weight excluding hydrogens is 364 g/mol. The molecule has 2 aromatic carbocycles. The van der Waals surface area contributed by atoms with Crippen molar-refractivity contribution in [1.29, 1.82) is 0 Å². The van der Waals surface area contributed by atoms with Gasteiger partial charge in [0.2, 0.25) is 10.0 Å². The van der Waals surface area contributed by atoms with E-state index in [1.807, 2.05) is 30.3 Å². The third-order valence-electron chi connectivity index (χ3n) is 4.86. The number of carbonyl (C=O) groups is 1. The lowest BCUT2D eigenvalue weighted by Crippen LogP contribution is -2.28. The van der Waals surface area contributed by atoms with E-state index in [1.54, 1.807) is 13.0 Å². The van der Waals surface area contributed by atoms with Gasteiger partial charge in [-0.15, -0.1) is 0 Å². The Labute approximate surface area is 159 Å². The van der Waals surface area contributed by atoms with Crippen LogP contribution in [0.5, 0.6) is 0 Å². The predicted molar refractivity (Wildman–Crippen MR) is 104 cm³/mol. The molecule has 0 saturated heterocycles. The van der Waals surface area contributed by atoms with Gasteiger partial charge in [-0.2, -0.15) is 0 Å². The predicted octanol–water partition coefficient (Wildman–Crippen LogP) is 3.78. The fourth-order valence-electron chi connectivity index (χ4n) is 3.39. The van der Waals surface area contributed by atoms with Crippen molar-refractivity contribution >= 4 is 21.7 Å². The maximum atomic E-state index is 13.0. The normalized spacial score (nSPS) is 16.2. The van der Waals surface area contributed by atoms with E-state index < -0.39 is 22.0 Å². The first-order valence-corrected chi connectivity index (χ1v) is 10.6. The van der Waals surface area contributed by atoms with Gasteiger partial charge in [-0.25, -0.2) is 17.9 Å². The molecule has 0 bridgehead atoms. The standard InChI is InChI=1S/C20H24N2O4S/c1-14(15-7-3-2-4-8-15)22-27(25,26)19-13-16(20(23)24)11-12-18(19)21-17-9-5-6-10-17/h2-4,7-8,11-14,17,21-22H,5-6,9-10H2,1H3,(H,23,24). The summed E-state index contributed by atoms with van der Waals surface area (Å²) in [5.74, 6) is -1.16. The first-order chi connectivity index (χ1) is 12.9. The largest absolute Gasteiger partial charge is 0.478 e. The number of nitrogens with one attached hydrogen (secondary N) is 2. The van der Waals surface area contributed by atoms with Crippen LogP contribution < -0.4 is 10.0 Å². The summed E-state index contributed by atoms with van der Waals surface area (Å²) in [6.07, 6.45) is 4.18. The van der Waals surface area contributed by atoms with Crippen molar-refractivity contribution in [3.05, 3.63) is 59.7 Å². The van der Waals surface area contributed by atoms with E-state index in [-0.39, 0.29) is 16.5 Å².